The highest BCUT2D eigenvalue weighted by molar-refractivity contribution is 8.00. The zero-order valence-corrected chi connectivity index (χ0v) is 37.3. The Balaban J connectivity index is 1.03. The van der Waals surface area contributed by atoms with Crippen LogP contribution in [0.5, 0.6) is 0 Å². The molecule has 4 heterocycles. The Morgan fingerprint density at radius 3 is 1.27 bits per heavy atom. The number of hydrogen-bond acceptors (Lipinski definition) is 5. The third-order valence-corrected chi connectivity index (χ3v) is 15.2. The third-order valence-electron chi connectivity index (χ3n) is 14.0. The highest BCUT2D eigenvalue weighted by Crippen LogP contribution is 2.50. The van der Waals surface area contributed by atoms with E-state index in [0.29, 0.717) is 0 Å². The van der Waals surface area contributed by atoms with E-state index in [1.165, 1.54) is 71.0 Å². The molecule has 14 rings (SSSR count). The van der Waals surface area contributed by atoms with Gasteiger partial charge in [-0.1, -0.05) is 157 Å². The van der Waals surface area contributed by atoms with Crippen molar-refractivity contribution in [3.63, 3.8) is 0 Å². The Morgan fingerprint density at radius 1 is 0.299 bits per heavy atom. The minimum atomic E-state index is 0.0126. The average Bonchev–Trinajstić information content (AvgIpc) is 3.39. The molecule has 0 N–H and O–H groups in total. The summed E-state index contributed by atoms with van der Waals surface area (Å²) >= 11 is 1.92. The van der Waals surface area contributed by atoms with Gasteiger partial charge in [0.2, 0.25) is 6.71 Å². The maximum atomic E-state index is 2.61. The van der Waals surface area contributed by atoms with E-state index in [-0.39, 0.29) is 13.4 Å². The van der Waals surface area contributed by atoms with Crippen molar-refractivity contribution >= 4 is 126 Å². The normalized spacial score (nSPS) is 13.2. The van der Waals surface area contributed by atoms with Crippen LogP contribution in [-0.4, -0.2) is 13.4 Å². The predicted molar refractivity (Wildman–Crippen MR) is 285 cm³/mol. The number of rotatable bonds is 7. The lowest BCUT2D eigenvalue weighted by atomic mass is 9.29. The molecule has 0 spiro atoms. The lowest BCUT2D eigenvalue weighted by Crippen LogP contribution is -2.68. The summed E-state index contributed by atoms with van der Waals surface area (Å²) in [7, 11) is 0. The summed E-state index contributed by atoms with van der Waals surface area (Å²) in [5.74, 6) is 0. The number of hydrogen-bond donors (Lipinski definition) is 0. The lowest BCUT2D eigenvalue weighted by Gasteiger charge is -2.49. The van der Waals surface area contributed by atoms with Gasteiger partial charge in [-0.25, -0.2) is 0 Å². The van der Waals surface area contributed by atoms with E-state index >= 15 is 0 Å². The predicted octanol–water partition coefficient (Wildman–Crippen LogP) is 12.0. The van der Waals surface area contributed by atoms with Crippen LogP contribution in [0.2, 0.25) is 0 Å². The monoisotopic (exact) mass is 870 g/mol. The molecule has 10 aromatic rings. The van der Waals surface area contributed by atoms with Crippen LogP contribution in [0.4, 0.5) is 68.2 Å². The minimum Gasteiger partial charge on any atom is -0.312 e. The fourth-order valence-corrected chi connectivity index (χ4v) is 12.6. The first-order valence-corrected chi connectivity index (χ1v) is 23.9. The van der Waals surface area contributed by atoms with Crippen LogP contribution in [-0.2, 0) is 0 Å². The van der Waals surface area contributed by atoms with Gasteiger partial charge in [-0.3, -0.25) is 0 Å². The van der Waals surface area contributed by atoms with Gasteiger partial charge in [-0.2, -0.15) is 0 Å². The minimum absolute atomic E-state index is 0.0126. The maximum Gasteiger partial charge on any atom is 0.252 e. The van der Waals surface area contributed by atoms with Gasteiger partial charge in [0.15, 0.2) is 0 Å². The number of benzene rings is 10. The van der Waals surface area contributed by atoms with Crippen LogP contribution in [0.3, 0.4) is 0 Å². The summed E-state index contributed by atoms with van der Waals surface area (Å²) in [5, 5.41) is 0. The molecule has 4 nitrogen and oxygen atoms in total. The van der Waals surface area contributed by atoms with Crippen molar-refractivity contribution in [3.05, 3.63) is 243 Å². The fourth-order valence-electron chi connectivity index (χ4n) is 11.3. The molecule has 4 aliphatic rings. The van der Waals surface area contributed by atoms with Crippen LogP contribution < -0.4 is 52.4 Å². The molecule has 0 fully saturated rings. The van der Waals surface area contributed by atoms with Gasteiger partial charge >= 0.3 is 0 Å². The zero-order valence-electron chi connectivity index (χ0n) is 36.4. The van der Waals surface area contributed by atoms with Crippen molar-refractivity contribution < 1.29 is 0 Å². The number of fused-ring (bicyclic) bond motifs is 10. The molecule has 67 heavy (non-hydrogen) atoms. The first-order valence-electron chi connectivity index (χ1n) is 23.1. The Bertz CT molecular complexity index is 3450. The van der Waals surface area contributed by atoms with Gasteiger partial charge in [0, 0.05) is 78.0 Å². The van der Waals surface area contributed by atoms with E-state index in [1.54, 1.807) is 0 Å². The third kappa shape index (κ3) is 5.84. The molecular formula is C60H40B2N4S. The molecule has 0 unspecified atom stereocenters. The summed E-state index contributed by atoms with van der Waals surface area (Å²) < 4.78 is 0. The van der Waals surface area contributed by atoms with Crippen molar-refractivity contribution in [1.29, 1.82) is 0 Å². The summed E-state index contributed by atoms with van der Waals surface area (Å²) in [5.41, 5.74) is 22.2. The van der Waals surface area contributed by atoms with E-state index in [9.17, 15) is 0 Å². The number of anilines is 12. The number of para-hydroxylation sites is 7. The molecule has 4 aliphatic heterocycles. The van der Waals surface area contributed by atoms with E-state index in [2.05, 4.69) is 262 Å². The van der Waals surface area contributed by atoms with E-state index in [1.807, 2.05) is 11.8 Å². The van der Waals surface area contributed by atoms with Crippen molar-refractivity contribution in [2.75, 3.05) is 19.6 Å². The number of nitrogens with zero attached hydrogens (tertiary/aromatic N) is 4. The molecule has 0 amide bonds. The Labute approximate surface area is 396 Å². The highest BCUT2D eigenvalue weighted by atomic mass is 32.2. The van der Waals surface area contributed by atoms with Crippen LogP contribution in [0, 0.1) is 0 Å². The van der Waals surface area contributed by atoms with Crippen molar-refractivity contribution in [2.24, 2.45) is 0 Å². The molecule has 0 bridgehead atoms. The highest BCUT2D eigenvalue weighted by Gasteiger charge is 2.50. The summed E-state index contributed by atoms with van der Waals surface area (Å²) in [6.07, 6.45) is 0. The fraction of sp³-hybridized carbons (Fsp3) is 0. The Morgan fingerprint density at radius 2 is 0.731 bits per heavy atom. The van der Waals surface area contributed by atoms with Gasteiger partial charge in [-0.05, 0) is 130 Å². The quantitative estimate of drug-likeness (QED) is 0.148. The van der Waals surface area contributed by atoms with Crippen LogP contribution in [0.15, 0.2) is 252 Å². The first-order chi connectivity index (χ1) is 33.3. The molecular weight excluding hydrogens is 830 g/mol. The van der Waals surface area contributed by atoms with E-state index in [0.717, 1.165) is 39.8 Å². The van der Waals surface area contributed by atoms with Gasteiger partial charge < -0.3 is 19.6 Å². The van der Waals surface area contributed by atoms with Crippen LogP contribution in [0.1, 0.15) is 0 Å². The summed E-state index contributed by atoms with van der Waals surface area (Å²) in [4.78, 5) is 12.5. The second kappa shape index (κ2) is 15.2. The van der Waals surface area contributed by atoms with Crippen LogP contribution >= 0.6 is 11.8 Å². The summed E-state index contributed by atoms with van der Waals surface area (Å²) in [6, 6.07) is 89.2. The maximum absolute atomic E-state index is 2.61. The van der Waals surface area contributed by atoms with Crippen molar-refractivity contribution in [2.45, 2.75) is 9.79 Å². The van der Waals surface area contributed by atoms with E-state index < -0.39 is 0 Å². The smallest absolute Gasteiger partial charge is 0.252 e. The summed E-state index contributed by atoms with van der Waals surface area (Å²) in [6.45, 7) is 0.0683. The molecule has 0 atom stereocenters. The second-order valence-corrected chi connectivity index (χ2v) is 18.7. The molecule has 0 aliphatic carbocycles. The molecule has 7 heteroatoms. The topological polar surface area (TPSA) is 13.0 Å². The van der Waals surface area contributed by atoms with Crippen LogP contribution in [0.25, 0.3) is 0 Å². The van der Waals surface area contributed by atoms with E-state index in [4.69, 9.17) is 0 Å². The average molecular weight is 871 g/mol. The zero-order chi connectivity index (χ0) is 44.0. The molecule has 0 saturated carbocycles. The van der Waals surface area contributed by atoms with Gasteiger partial charge in [0.1, 0.15) is 0 Å². The van der Waals surface area contributed by atoms with Gasteiger partial charge in [0.25, 0.3) is 6.71 Å². The lowest BCUT2D eigenvalue weighted by molar-refractivity contribution is 1.22. The molecule has 0 aromatic heterocycles. The Hall–Kier alpha value is -8.12. The van der Waals surface area contributed by atoms with Crippen molar-refractivity contribution in [1.82, 2.24) is 0 Å². The van der Waals surface area contributed by atoms with Gasteiger partial charge in [0.05, 0.1) is 0 Å². The molecule has 0 saturated heterocycles. The largest absolute Gasteiger partial charge is 0.312 e. The van der Waals surface area contributed by atoms with Crippen molar-refractivity contribution in [3.8, 4) is 0 Å². The standard InChI is InChI=1S/C60H40B2N4S/c1-6-20-41(21-7-1)63(42-22-8-2-9-23-42)46-34-36-50-54(38-46)65(45-28-14-5-15-29-45)55-40-57-59-60-58(55)61(50)48-30-16-18-32-52(48)66(60)53-33-19-17-31-49(53)62(59)51-37-35-47(39-56(51)67-57)64(43-24-10-3-11-25-43)44-26-12-4-13-27-44/h1-40H. The second-order valence-electron chi connectivity index (χ2n) is 17.6. The molecule has 10 aromatic carbocycles. The SMILES string of the molecule is c1ccc(N(c2ccccc2)c2ccc3c(c2)Sc2cc4c5c6c2B3c2ccccc2N6c2ccccc2B5c2ccc(N(c3ccccc3)c3ccccc3)cc2N4c2ccccc2)cc1. The first kappa shape index (κ1) is 38.2. The molecule has 0 radical (unpaired) electrons. The molecule has 312 valence electrons. The van der Waals surface area contributed by atoms with Gasteiger partial charge in [-0.15, -0.1) is 0 Å². The Kier molecular flexibility index (Phi) is 8.68.